The standard InChI is InChI=1S/Ce.2Co.12HNO2.5Tl/c;;;12*2-1-3;;;;;/h;;;12*(H,2,3);;;;;/q;;+2;;;;;;;;;;;;;;;3*+1/p-12. The summed E-state index contributed by atoms with van der Waals surface area (Å²) in [5.41, 5.74) is 0. The molecule has 0 fully saturated rings. The third-order valence-electron chi connectivity index (χ3n) is 0. The second kappa shape index (κ2) is 537. The molecule has 0 saturated carbocycles. The zero-order chi connectivity index (χ0) is 32.5. The van der Waals surface area contributed by atoms with Crippen molar-refractivity contribution in [1.82, 2.24) is 0 Å². The molecule has 0 N–H and O–H groups in total. The Labute approximate surface area is 391 Å². The van der Waals surface area contributed by atoms with Gasteiger partial charge in [-0.3, -0.25) is 0 Å². The summed E-state index contributed by atoms with van der Waals surface area (Å²) >= 11 is 0. The van der Waals surface area contributed by atoms with Crippen LogP contribution in [0, 0.1) is 163 Å². The van der Waals surface area contributed by atoms with E-state index in [-0.39, 0.29) is 212 Å². The third-order valence-corrected chi connectivity index (χ3v) is 0. The molecule has 0 aliphatic heterocycles. The minimum atomic E-state index is 0. The molecular formula is CeCo2N12O24Tl5-7. The second-order valence-electron chi connectivity index (χ2n) is 0.894. The Hall–Kier alpha value is -0.200. The second-order valence-corrected chi connectivity index (χ2v) is 0.894. The molecule has 0 rings (SSSR count). The largest absolute Gasteiger partial charge is 2.00 e. The van der Waals surface area contributed by atoms with E-state index in [1.165, 1.54) is 0 Å². The van der Waals surface area contributed by atoms with Gasteiger partial charge in [0.15, 0.2) is 0 Å². The van der Waals surface area contributed by atoms with Crippen LogP contribution in [0.3, 0.4) is 0 Å². The number of rotatable bonds is 0. The Morgan fingerprint density at radius 1 is 0.250 bits per heavy atom. The maximum Gasteiger partial charge on any atom is 2.00 e. The summed E-state index contributed by atoms with van der Waals surface area (Å²) in [6.07, 6.45) is 0. The van der Waals surface area contributed by atoms with Crippen LogP contribution in [-0.2, 0) is 33.6 Å². The summed E-state index contributed by atoms with van der Waals surface area (Å²) in [6, 6.07) is 0. The average molecular weight is 1830 g/mol. The Morgan fingerprint density at radius 2 is 0.250 bits per heavy atom. The van der Waals surface area contributed by atoms with Crippen LogP contribution in [0.1, 0.15) is 0 Å². The SMILES string of the molecule is O=N[O-].O=N[O-].O=N[O-].O=N[O-].O=N[O-].O=N[O-].O=N[O-].O=N[O-].O=N[O-].O=N[O-].O=N[O-].O=N[O-].[Ce].[Co+2].[Co].[Tl+].[Tl+].[Tl+].[Tl].[Tl]. The van der Waals surface area contributed by atoms with Gasteiger partial charge in [0.1, 0.15) is 0 Å². The normalized spacial score (nSPS) is 3.27. The predicted molar refractivity (Wildman–Crippen MR) is 139 cm³/mol. The Bertz CT molecular complexity index is 293. The Balaban J connectivity index is -0.00000000780. The molecule has 0 spiro atoms. The van der Waals surface area contributed by atoms with Crippen molar-refractivity contribution in [2.75, 3.05) is 0 Å². The molecule has 0 unspecified atom stereocenters. The van der Waals surface area contributed by atoms with Gasteiger partial charge < -0.3 is 121 Å². The first-order chi connectivity index (χ1) is 17.0. The molecule has 0 aliphatic rings. The fraction of sp³-hybridized carbons (Fsp3) is 0. The molecule has 0 aromatic carbocycles. The van der Waals surface area contributed by atoms with Gasteiger partial charge in [0.25, 0.3) is 0 Å². The Morgan fingerprint density at radius 3 is 0.250 bits per heavy atom. The molecule has 0 bridgehead atoms. The third kappa shape index (κ3) is 1740000. The molecule has 0 aromatic rings. The molecule has 4 radical (unpaired) electrons. The van der Waals surface area contributed by atoms with E-state index in [4.69, 9.17) is 121 Å². The van der Waals surface area contributed by atoms with Gasteiger partial charge in [-0.15, -0.1) is 64.1 Å². The van der Waals surface area contributed by atoms with Crippen LogP contribution in [0.25, 0.3) is 0 Å². The van der Waals surface area contributed by atoms with Gasteiger partial charge in [-0.1, -0.05) is 0 Å². The number of nitrogens with zero attached hydrogens (tertiary/aromatic N) is 12. The quantitative estimate of drug-likeness (QED) is 0.186. The van der Waals surface area contributed by atoms with Crippen LogP contribution in [0.4, 0.5) is 0 Å². The number of hydrogen-bond acceptors (Lipinski definition) is 36. The molecular weight excluding hydrogens is 1830 g/mol. The van der Waals surface area contributed by atoms with Crippen LogP contribution in [0.15, 0.2) is 64.1 Å². The van der Waals surface area contributed by atoms with Crippen LogP contribution < -0.4 is 0 Å². The van der Waals surface area contributed by atoms with E-state index in [9.17, 15) is 0 Å². The van der Waals surface area contributed by atoms with Crippen molar-refractivity contribution >= 4 is 136 Å². The van der Waals surface area contributed by atoms with Gasteiger partial charge in [0, 0.05) is 113 Å². The van der Waals surface area contributed by atoms with E-state index in [0.29, 0.717) is 0 Å². The van der Waals surface area contributed by atoms with Gasteiger partial charge >= 0.3 is 98.7 Å². The fourth-order valence-corrected chi connectivity index (χ4v) is 0. The van der Waals surface area contributed by atoms with Crippen LogP contribution in [0.2, 0.25) is 0 Å². The molecule has 0 amide bonds. The first-order valence-corrected chi connectivity index (χ1v) is 4.38. The smallest absolute Gasteiger partial charge is 0.444 e. The van der Waals surface area contributed by atoms with Gasteiger partial charge in [0.2, 0.25) is 0 Å². The fourth-order valence-electron chi connectivity index (χ4n) is 0. The van der Waals surface area contributed by atoms with Crippen molar-refractivity contribution in [1.29, 1.82) is 0 Å². The van der Waals surface area contributed by atoms with E-state index < -0.39 is 0 Å². The molecule has 0 aromatic heterocycles. The predicted octanol–water partition coefficient (Wildman–Crippen LogP) is 1.10. The van der Waals surface area contributed by atoms with Crippen molar-refractivity contribution in [3.05, 3.63) is 121 Å². The van der Waals surface area contributed by atoms with E-state index in [2.05, 4.69) is 0 Å². The van der Waals surface area contributed by atoms with E-state index >= 15 is 0 Å². The van der Waals surface area contributed by atoms with Crippen LogP contribution >= 0.6 is 0 Å². The summed E-state index contributed by atoms with van der Waals surface area (Å²) in [7, 11) is 0. The molecule has 0 atom stereocenters. The maximum atomic E-state index is 8.00. The minimum absolute atomic E-state index is 0. The van der Waals surface area contributed by atoms with Gasteiger partial charge in [-0.05, 0) is 0 Å². The minimum Gasteiger partial charge on any atom is -0.444 e. The first-order valence-electron chi connectivity index (χ1n) is 4.38. The molecule has 44 heavy (non-hydrogen) atoms. The number of hydrogen-bond donors (Lipinski definition) is 0. The van der Waals surface area contributed by atoms with Gasteiger partial charge in [-0.25, -0.2) is 0 Å². The molecule has 44 heteroatoms. The molecule has 0 saturated heterocycles. The Kier molecular flexibility index (Phi) is 1730. The van der Waals surface area contributed by atoms with E-state index in [1.807, 2.05) is 0 Å². The van der Waals surface area contributed by atoms with Crippen molar-refractivity contribution in [3.8, 4) is 0 Å². The maximum absolute atomic E-state index is 8.00. The van der Waals surface area contributed by atoms with E-state index in [1.54, 1.807) is 0 Å². The first kappa shape index (κ1) is 142. The topological polar surface area (TPSA) is 630 Å². The van der Waals surface area contributed by atoms with E-state index in [0.717, 1.165) is 64.1 Å². The monoisotopic (exact) mass is 1830 g/mol. The molecule has 0 heterocycles. The zero-order valence-corrected chi connectivity index (χ0v) is 46.9. The molecule has 0 aliphatic carbocycles. The molecule has 36 nitrogen and oxygen atoms in total. The summed E-state index contributed by atoms with van der Waals surface area (Å²) in [4.78, 5) is 96.0. The summed E-state index contributed by atoms with van der Waals surface area (Å²) < 4.78 is 0. The van der Waals surface area contributed by atoms with Crippen LogP contribution in [0.5, 0.6) is 0 Å². The van der Waals surface area contributed by atoms with Crippen molar-refractivity contribution in [3.63, 3.8) is 0 Å². The summed E-state index contributed by atoms with van der Waals surface area (Å²) in [6.45, 7) is 0. The summed E-state index contributed by atoms with van der Waals surface area (Å²) in [5.74, 6) is 0. The average Bonchev–Trinajstić information content (AvgIpc) is 2.75. The molecule has 248 valence electrons. The van der Waals surface area contributed by atoms with Crippen molar-refractivity contribution in [2.24, 2.45) is 64.1 Å². The van der Waals surface area contributed by atoms with Gasteiger partial charge in [0.05, 0.1) is 0 Å². The van der Waals surface area contributed by atoms with Crippen LogP contribution in [-0.4, -0.2) is 136 Å². The van der Waals surface area contributed by atoms with Crippen molar-refractivity contribution < 1.29 is 75.3 Å². The van der Waals surface area contributed by atoms with Crippen molar-refractivity contribution in [2.45, 2.75) is 0 Å². The zero-order valence-electron chi connectivity index (χ0n) is 19.2. The summed E-state index contributed by atoms with van der Waals surface area (Å²) in [5, 5.41) is 108. The van der Waals surface area contributed by atoms with Gasteiger partial charge in [-0.2, -0.15) is 0 Å².